The number of hydrogen-bond acceptors (Lipinski definition) is 4. The molecule has 1 aromatic heterocycles. The average molecular weight is 316 g/mol. The van der Waals surface area contributed by atoms with E-state index in [0.717, 1.165) is 5.56 Å². The summed E-state index contributed by atoms with van der Waals surface area (Å²) in [6.07, 6.45) is 1.55. The number of ketones is 1. The molecule has 0 aliphatic rings. The third-order valence-corrected chi connectivity index (χ3v) is 3.42. The number of hydrazone groups is 1. The SMILES string of the molecule is C=C(N/N=C(/C(=O)c1ccccc1)c1ccccc1)c1ccco1. The highest BCUT2D eigenvalue weighted by atomic mass is 16.3. The Morgan fingerprint density at radius 2 is 1.50 bits per heavy atom. The van der Waals surface area contributed by atoms with Gasteiger partial charge in [0, 0.05) is 11.1 Å². The van der Waals surface area contributed by atoms with E-state index in [1.807, 2.05) is 48.5 Å². The Bertz CT molecular complexity index is 851. The number of carbonyl (C=O) groups excluding carboxylic acids is 1. The minimum absolute atomic E-state index is 0.165. The predicted molar refractivity (Wildman–Crippen MR) is 94.6 cm³/mol. The first kappa shape index (κ1) is 15.5. The van der Waals surface area contributed by atoms with Crippen LogP contribution in [0, 0.1) is 0 Å². The Morgan fingerprint density at radius 3 is 2.08 bits per heavy atom. The fourth-order valence-corrected chi connectivity index (χ4v) is 2.20. The highest BCUT2D eigenvalue weighted by Crippen LogP contribution is 2.12. The Hall–Kier alpha value is -3.40. The van der Waals surface area contributed by atoms with E-state index in [1.54, 1.807) is 30.5 Å². The van der Waals surface area contributed by atoms with Gasteiger partial charge in [-0.2, -0.15) is 5.10 Å². The summed E-state index contributed by atoms with van der Waals surface area (Å²) >= 11 is 0. The minimum Gasteiger partial charge on any atom is -0.463 e. The molecule has 1 N–H and O–H groups in total. The topological polar surface area (TPSA) is 54.6 Å². The summed E-state index contributed by atoms with van der Waals surface area (Å²) in [5, 5.41) is 4.28. The first-order valence-electron chi connectivity index (χ1n) is 7.47. The van der Waals surface area contributed by atoms with Crippen LogP contribution < -0.4 is 5.43 Å². The van der Waals surface area contributed by atoms with Gasteiger partial charge in [0.15, 0.2) is 5.76 Å². The molecule has 4 heteroatoms. The van der Waals surface area contributed by atoms with Crippen LogP contribution in [0.25, 0.3) is 5.70 Å². The van der Waals surface area contributed by atoms with E-state index in [2.05, 4.69) is 17.1 Å². The van der Waals surface area contributed by atoms with Crippen LogP contribution in [0.5, 0.6) is 0 Å². The Morgan fingerprint density at radius 1 is 0.875 bits per heavy atom. The number of rotatable bonds is 6. The first-order valence-corrected chi connectivity index (χ1v) is 7.47. The lowest BCUT2D eigenvalue weighted by molar-refractivity contribution is 0.106. The van der Waals surface area contributed by atoms with E-state index in [-0.39, 0.29) is 5.78 Å². The summed E-state index contributed by atoms with van der Waals surface area (Å²) in [4.78, 5) is 12.8. The van der Waals surface area contributed by atoms with E-state index >= 15 is 0 Å². The van der Waals surface area contributed by atoms with Gasteiger partial charge in [-0.25, -0.2) is 0 Å². The van der Waals surface area contributed by atoms with Crippen molar-refractivity contribution in [2.24, 2.45) is 5.10 Å². The second-order valence-electron chi connectivity index (χ2n) is 5.09. The van der Waals surface area contributed by atoms with Crippen LogP contribution in [-0.2, 0) is 0 Å². The lowest BCUT2D eigenvalue weighted by Crippen LogP contribution is -2.19. The van der Waals surface area contributed by atoms with Crippen molar-refractivity contribution in [2.45, 2.75) is 0 Å². The third kappa shape index (κ3) is 3.50. The Balaban J connectivity index is 1.92. The third-order valence-electron chi connectivity index (χ3n) is 3.42. The fraction of sp³-hybridized carbons (Fsp3) is 0. The van der Waals surface area contributed by atoms with Crippen LogP contribution in [-0.4, -0.2) is 11.5 Å². The molecule has 24 heavy (non-hydrogen) atoms. The minimum atomic E-state index is -0.165. The second kappa shape index (κ2) is 7.24. The summed E-state index contributed by atoms with van der Waals surface area (Å²) in [5.74, 6) is 0.403. The van der Waals surface area contributed by atoms with E-state index in [1.165, 1.54) is 0 Å². The molecule has 0 amide bonds. The van der Waals surface area contributed by atoms with Gasteiger partial charge in [0.05, 0.1) is 12.0 Å². The molecule has 0 saturated carbocycles. The molecule has 0 radical (unpaired) electrons. The molecular weight excluding hydrogens is 300 g/mol. The normalized spacial score (nSPS) is 11.1. The van der Waals surface area contributed by atoms with E-state index in [9.17, 15) is 4.79 Å². The summed E-state index contributed by atoms with van der Waals surface area (Å²) < 4.78 is 5.26. The molecule has 0 spiro atoms. The van der Waals surface area contributed by atoms with Gasteiger partial charge in [-0.1, -0.05) is 67.2 Å². The number of Topliss-reactive ketones (excluding diaryl/α,β-unsaturated/α-hetero) is 1. The van der Waals surface area contributed by atoms with Crippen LogP contribution in [0.3, 0.4) is 0 Å². The smallest absolute Gasteiger partial charge is 0.213 e. The largest absolute Gasteiger partial charge is 0.463 e. The van der Waals surface area contributed by atoms with Gasteiger partial charge >= 0.3 is 0 Å². The zero-order chi connectivity index (χ0) is 16.8. The number of benzene rings is 2. The van der Waals surface area contributed by atoms with Crippen molar-refractivity contribution >= 4 is 17.2 Å². The van der Waals surface area contributed by atoms with Crippen LogP contribution >= 0.6 is 0 Å². The number of furan rings is 1. The highest BCUT2D eigenvalue weighted by molar-refractivity contribution is 6.51. The zero-order valence-electron chi connectivity index (χ0n) is 13.0. The fourth-order valence-electron chi connectivity index (χ4n) is 2.20. The molecule has 0 aliphatic heterocycles. The van der Waals surface area contributed by atoms with Gasteiger partial charge in [0.2, 0.25) is 5.78 Å². The molecule has 0 aliphatic carbocycles. The second-order valence-corrected chi connectivity index (χ2v) is 5.09. The van der Waals surface area contributed by atoms with Crippen molar-refractivity contribution in [3.05, 3.63) is 103 Å². The van der Waals surface area contributed by atoms with Crippen molar-refractivity contribution in [1.29, 1.82) is 0 Å². The standard InChI is InChI=1S/C20H16N2O2/c1-15(18-13-8-14-24-18)21-22-19(16-9-4-2-5-10-16)20(23)17-11-6-3-7-12-17/h2-14,21H,1H2/b22-19+. The van der Waals surface area contributed by atoms with Crippen molar-refractivity contribution in [1.82, 2.24) is 5.43 Å². The van der Waals surface area contributed by atoms with E-state index in [4.69, 9.17) is 4.42 Å². The van der Waals surface area contributed by atoms with Gasteiger partial charge in [-0.15, -0.1) is 0 Å². The first-order chi connectivity index (χ1) is 11.8. The molecule has 118 valence electrons. The van der Waals surface area contributed by atoms with Crippen LogP contribution in [0.1, 0.15) is 21.7 Å². The molecule has 0 bridgehead atoms. The molecule has 0 unspecified atom stereocenters. The van der Waals surface area contributed by atoms with Gasteiger partial charge in [0.25, 0.3) is 0 Å². The van der Waals surface area contributed by atoms with Gasteiger partial charge in [0.1, 0.15) is 5.71 Å². The zero-order valence-corrected chi connectivity index (χ0v) is 13.0. The van der Waals surface area contributed by atoms with Crippen LogP contribution in [0.15, 0.2) is 95.2 Å². The van der Waals surface area contributed by atoms with Gasteiger partial charge in [-0.05, 0) is 12.1 Å². The molecule has 3 rings (SSSR count). The van der Waals surface area contributed by atoms with Crippen molar-refractivity contribution < 1.29 is 9.21 Å². The summed E-state index contributed by atoms with van der Waals surface area (Å²) in [6.45, 7) is 3.87. The lowest BCUT2D eigenvalue weighted by atomic mass is 10.0. The van der Waals surface area contributed by atoms with Crippen molar-refractivity contribution in [3.63, 3.8) is 0 Å². The number of carbonyl (C=O) groups is 1. The molecular formula is C20H16N2O2. The van der Waals surface area contributed by atoms with Crippen molar-refractivity contribution in [2.75, 3.05) is 0 Å². The quantitative estimate of drug-likeness (QED) is 0.423. The summed E-state index contributed by atoms with van der Waals surface area (Å²) in [7, 11) is 0. The monoisotopic (exact) mass is 316 g/mol. The summed E-state index contributed by atoms with van der Waals surface area (Å²) in [6, 6.07) is 21.9. The molecule has 0 fully saturated rings. The maximum absolute atomic E-state index is 12.8. The van der Waals surface area contributed by atoms with Gasteiger partial charge < -0.3 is 4.42 Å². The van der Waals surface area contributed by atoms with Gasteiger partial charge in [-0.3, -0.25) is 10.2 Å². The lowest BCUT2D eigenvalue weighted by Gasteiger charge is -2.08. The maximum Gasteiger partial charge on any atom is 0.213 e. The summed E-state index contributed by atoms with van der Waals surface area (Å²) in [5.41, 5.74) is 4.91. The van der Waals surface area contributed by atoms with Crippen molar-refractivity contribution in [3.8, 4) is 0 Å². The number of nitrogens with zero attached hydrogens (tertiary/aromatic N) is 1. The molecule has 0 atom stereocenters. The molecule has 3 aromatic rings. The Labute approximate surface area is 140 Å². The molecule has 2 aromatic carbocycles. The average Bonchev–Trinajstić information content (AvgIpc) is 3.18. The maximum atomic E-state index is 12.8. The van der Waals surface area contributed by atoms with Crippen LogP contribution in [0.4, 0.5) is 0 Å². The molecule has 4 nitrogen and oxygen atoms in total. The predicted octanol–water partition coefficient (Wildman–Crippen LogP) is 4.13. The molecule has 0 saturated heterocycles. The Kier molecular flexibility index (Phi) is 4.68. The number of hydrogen-bond donors (Lipinski definition) is 1. The van der Waals surface area contributed by atoms with E-state index < -0.39 is 0 Å². The molecule has 1 heterocycles. The number of nitrogens with one attached hydrogen (secondary N) is 1. The van der Waals surface area contributed by atoms with E-state index in [0.29, 0.717) is 22.7 Å². The van der Waals surface area contributed by atoms with Crippen LogP contribution in [0.2, 0.25) is 0 Å². The highest BCUT2D eigenvalue weighted by Gasteiger charge is 2.16.